The molecule has 0 aliphatic rings. The van der Waals surface area contributed by atoms with Gasteiger partial charge in [0.15, 0.2) is 0 Å². The predicted octanol–water partition coefficient (Wildman–Crippen LogP) is 2.41. The fourth-order valence-corrected chi connectivity index (χ4v) is 2.47. The summed E-state index contributed by atoms with van der Waals surface area (Å²) in [5, 5.41) is 1.84. The zero-order valence-electron chi connectivity index (χ0n) is 13.6. The molecule has 0 radical (unpaired) electrons. The van der Waals surface area contributed by atoms with Gasteiger partial charge in [0.1, 0.15) is 0 Å². The van der Waals surface area contributed by atoms with Crippen molar-refractivity contribution in [2.45, 2.75) is 70.4 Å². The smallest absolute Gasteiger partial charge is 0.471 e. The van der Waals surface area contributed by atoms with Crippen molar-refractivity contribution < 1.29 is 36.8 Å². The van der Waals surface area contributed by atoms with Crippen LogP contribution in [0.25, 0.3) is 0 Å². The molecule has 0 unspecified atom stereocenters. The number of nitrogens with one attached hydrogen (secondary N) is 1. The second-order valence-electron chi connectivity index (χ2n) is 5.57. The molecule has 0 spiro atoms. The number of phosphoric acid groups is 1. The molecule has 0 saturated heterocycles. The highest BCUT2D eigenvalue weighted by Gasteiger charge is 2.38. The first-order valence-corrected chi connectivity index (χ1v) is 9.60. The minimum Gasteiger partial charge on any atom is -0.790 e. The Morgan fingerprint density at radius 1 is 0.875 bits per heavy atom. The Bertz CT molecular complexity index is 387. The van der Waals surface area contributed by atoms with Crippen molar-refractivity contribution in [2.24, 2.45) is 0 Å². The first-order chi connectivity index (χ1) is 11.1. The number of phosphoric ester groups is 1. The normalized spacial score (nSPS) is 12.4. The Morgan fingerprint density at radius 2 is 1.29 bits per heavy atom. The molecule has 24 heavy (non-hydrogen) atoms. The summed E-state index contributed by atoms with van der Waals surface area (Å²) < 4.78 is 50.0. The second-order valence-corrected chi connectivity index (χ2v) is 6.72. The van der Waals surface area contributed by atoms with Gasteiger partial charge in [-0.2, -0.15) is 13.2 Å². The van der Waals surface area contributed by atoms with Crippen molar-refractivity contribution in [3.05, 3.63) is 0 Å². The quantitative estimate of drug-likeness (QED) is 0.371. The Balaban J connectivity index is 3.21. The number of alkyl halides is 3. The van der Waals surface area contributed by atoms with E-state index in [-0.39, 0.29) is 13.2 Å². The third kappa shape index (κ3) is 16.2. The molecular weight excluding hydrogens is 350 g/mol. The Hall–Kier alpha value is -0.630. The van der Waals surface area contributed by atoms with Crippen LogP contribution in [0.5, 0.6) is 0 Å². The van der Waals surface area contributed by atoms with Crippen molar-refractivity contribution in [1.29, 1.82) is 0 Å². The lowest BCUT2D eigenvalue weighted by Crippen LogP contribution is -2.37. The topological polar surface area (TPSA) is 102 Å². The van der Waals surface area contributed by atoms with Gasteiger partial charge in [-0.05, 0) is 12.8 Å². The number of carbonyl (C=O) groups excluding carboxylic acids is 1. The Kier molecular flexibility index (Phi) is 12.4. The van der Waals surface area contributed by atoms with E-state index in [1.165, 1.54) is 0 Å². The fourth-order valence-electron chi connectivity index (χ4n) is 2.12. The van der Waals surface area contributed by atoms with Gasteiger partial charge in [-0.3, -0.25) is 4.79 Å². The average molecular weight is 375 g/mol. The van der Waals surface area contributed by atoms with Crippen molar-refractivity contribution in [1.82, 2.24) is 5.32 Å². The van der Waals surface area contributed by atoms with Crippen LogP contribution in [0.4, 0.5) is 13.2 Å². The molecule has 0 aromatic heterocycles. The summed E-state index contributed by atoms with van der Waals surface area (Å²) in [4.78, 5) is 30.9. The monoisotopic (exact) mass is 375 g/mol. The number of hydrogen-bond acceptors (Lipinski definition) is 5. The number of rotatable bonds is 14. The molecule has 0 atom stereocenters. The molecule has 0 aliphatic heterocycles. The first kappa shape index (κ1) is 23.4. The van der Waals surface area contributed by atoms with E-state index in [0.717, 1.165) is 51.4 Å². The van der Waals surface area contributed by atoms with E-state index in [2.05, 4.69) is 4.52 Å². The van der Waals surface area contributed by atoms with E-state index in [0.29, 0.717) is 12.8 Å². The Labute approximate surface area is 140 Å². The van der Waals surface area contributed by atoms with E-state index in [1.54, 1.807) is 0 Å². The van der Waals surface area contributed by atoms with E-state index >= 15 is 0 Å². The van der Waals surface area contributed by atoms with Crippen LogP contribution in [-0.2, 0) is 13.9 Å². The molecule has 0 aromatic rings. The van der Waals surface area contributed by atoms with Gasteiger partial charge in [-0.25, -0.2) is 0 Å². The van der Waals surface area contributed by atoms with Gasteiger partial charge >= 0.3 is 12.1 Å². The third-order valence-electron chi connectivity index (χ3n) is 3.36. The molecule has 0 fully saturated rings. The number of hydrogen-bond donors (Lipinski definition) is 1. The maximum Gasteiger partial charge on any atom is 0.471 e. The Morgan fingerprint density at radius 3 is 1.71 bits per heavy atom. The van der Waals surface area contributed by atoms with Crippen LogP contribution in [0.1, 0.15) is 64.2 Å². The molecule has 1 amide bonds. The second kappa shape index (κ2) is 12.7. The maximum atomic E-state index is 11.9. The molecule has 0 heterocycles. The molecule has 10 heteroatoms. The predicted molar refractivity (Wildman–Crippen MR) is 78.8 cm³/mol. The first-order valence-electron chi connectivity index (χ1n) is 8.14. The summed E-state index contributed by atoms with van der Waals surface area (Å²) in [5.74, 6) is -1.89. The molecule has 0 aromatic carbocycles. The number of carbonyl (C=O) groups is 1. The third-order valence-corrected chi connectivity index (χ3v) is 3.86. The lowest BCUT2D eigenvalue weighted by molar-refractivity contribution is -0.341. The van der Waals surface area contributed by atoms with Crippen LogP contribution in [0.3, 0.4) is 0 Å². The lowest BCUT2D eigenvalue weighted by atomic mass is 10.1. The maximum absolute atomic E-state index is 11.9. The molecule has 0 rings (SSSR count). The molecule has 0 bridgehead atoms. The van der Waals surface area contributed by atoms with Crippen LogP contribution < -0.4 is 15.1 Å². The average Bonchev–Trinajstić information content (AvgIpc) is 2.45. The van der Waals surface area contributed by atoms with Crippen LogP contribution in [-0.4, -0.2) is 25.2 Å². The summed E-state index contributed by atoms with van der Waals surface area (Å²) in [6.45, 7) is -0.0186. The van der Waals surface area contributed by atoms with E-state index in [9.17, 15) is 32.3 Å². The van der Waals surface area contributed by atoms with E-state index in [4.69, 9.17) is 0 Å². The number of halogens is 3. The molecule has 6 nitrogen and oxygen atoms in total. The zero-order valence-corrected chi connectivity index (χ0v) is 14.5. The summed E-state index contributed by atoms with van der Waals surface area (Å²) in [6.07, 6.45) is 3.76. The van der Waals surface area contributed by atoms with Gasteiger partial charge in [0.05, 0.1) is 14.4 Å². The summed E-state index contributed by atoms with van der Waals surface area (Å²) >= 11 is 0. The summed E-state index contributed by atoms with van der Waals surface area (Å²) in [7, 11) is -4.84. The highest BCUT2D eigenvalue weighted by Crippen LogP contribution is 2.24. The molecule has 144 valence electrons. The van der Waals surface area contributed by atoms with Crippen LogP contribution in [0.15, 0.2) is 0 Å². The fraction of sp³-hybridized carbons (Fsp3) is 0.929. The van der Waals surface area contributed by atoms with Crippen LogP contribution in [0.2, 0.25) is 0 Å². The van der Waals surface area contributed by atoms with Crippen molar-refractivity contribution in [2.75, 3.05) is 13.2 Å². The minimum absolute atomic E-state index is 0.0417. The van der Waals surface area contributed by atoms with Gasteiger partial charge in [0, 0.05) is 6.54 Å². The number of unbranched alkanes of at least 4 members (excludes halogenated alkanes) is 9. The highest BCUT2D eigenvalue weighted by molar-refractivity contribution is 7.43. The molecular formula is C14H25F3NO5P-2. The lowest BCUT2D eigenvalue weighted by Gasteiger charge is -2.28. The van der Waals surface area contributed by atoms with Crippen LogP contribution in [0, 0.1) is 0 Å². The van der Waals surface area contributed by atoms with Gasteiger partial charge in [-0.15, -0.1) is 0 Å². The van der Waals surface area contributed by atoms with Crippen molar-refractivity contribution >= 4 is 13.7 Å². The molecule has 1 N–H and O–H groups in total. The van der Waals surface area contributed by atoms with Gasteiger partial charge < -0.3 is 24.2 Å². The molecule has 0 aliphatic carbocycles. The van der Waals surface area contributed by atoms with Crippen molar-refractivity contribution in [3.8, 4) is 0 Å². The number of amides is 1. The van der Waals surface area contributed by atoms with Gasteiger partial charge in [0.25, 0.3) is 0 Å². The summed E-state index contributed by atoms with van der Waals surface area (Å²) in [6, 6.07) is 0. The standard InChI is InChI=1S/C14H27F3NO5P/c15-14(16,17)13(19)18-11-9-7-5-3-1-2-4-6-8-10-12-23-24(20,21)22/h1-12H2,(H,18,19)(H2,20,21,22)/p-2. The van der Waals surface area contributed by atoms with Crippen molar-refractivity contribution in [3.63, 3.8) is 0 Å². The van der Waals surface area contributed by atoms with E-state index < -0.39 is 19.9 Å². The highest BCUT2D eigenvalue weighted by atomic mass is 31.2. The zero-order chi connectivity index (χ0) is 18.5. The SMILES string of the molecule is O=C(NCCCCCCCCCCCCOP(=O)([O-])[O-])C(F)(F)F. The van der Waals surface area contributed by atoms with E-state index in [1.807, 2.05) is 5.32 Å². The summed E-state index contributed by atoms with van der Waals surface area (Å²) in [5.41, 5.74) is 0. The van der Waals surface area contributed by atoms with Gasteiger partial charge in [-0.1, -0.05) is 51.4 Å². The minimum atomic E-state index is -4.84. The molecule has 0 saturated carbocycles. The largest absolute Gasteiger partial charge is 0.790 e. The van der Waals surface area contributed by atoms with Gasteiger partial charge in [0.2, 0.25) is 0 Å². The van der Waals surface area contributed by atoms with Crippen LogP contribution >= 0.6 is 7.82 Å².